The van der Waals surface area contributed by atoms with Crippen molar-refractivity contribution in [2.75, 3.05) is 13.8 Å². The van der Waals surface area contributed by atoms with Crippen molar-refractivity contribution in [2.45, 2.75) is 19.8 Å². The first kappa shape index (κ1) is 19.9. The Morgan fingerprint density at radius 1 is 1.30 bits per heavy atom. The van der Waals surface area contributed by atoms with Crippen molar-refractivity contribution in [3.05, 3.63) is 56.1 Å². The van der Waals surface area contributed by atoms with E-state index < -0.39 is 35.4 Å². The average molecular weight is 375 g/mol. The molecule has 1 aromatic rings. The first-order chi connectivity index (χ1) is 12.8. The van der Waals surface area contributed by atoms with Crippen LogP contribution in [-0.4, -0.2) is 36.4 Å². The summed E-state index contributed by atoms with van der Waals surface area (Å²) in [6.07, 6.45) is 0. The van der Waals surface area contributed by atoms with Gasteiger partial charge in [-0.15, -0.1) is 4.91 Å². The van der Waals surface area contributed by atoms with Gasteiger partial charge in [-0.1, -0.05) is 18.2 Å². The Kier molecular flexibility index (Phi) is 6.11. The Balaban J connectivity index is 2.73. The predicted molar refractivity (Wildman–Crippen MR) is 93.9 cm³/mol. The molecule has 1 aliphatic rings. The highest BCUT2D eigenvalue weighted by Gasteiger charge is 2.44. The van der Waals surface area contributed by atoms with Crippen LogP contribution in [-0.2, 0) is 19.1 Å². The van der Waals surface area contributed by atoms with E-state index in [9.17, 15) is 24.6 Å². The van der Waals surface area contributed by atoms with Gasteiger partial charge in [0.05, 0.1) is 17.6 Å². The molecular formula is C17H17N3O7. The zero-order valence-corrected chi connectivity index (χ0v) is 14.9. The number of carbonyl (C=O) groups excluding carboxylic acids is 2. The first-order valence-electron chi connectivity index (χ1n) is 7.86. The largest absolute Gasteiger partial charge is 0.468 e. The van der Waals surface area contributed by atoms with Crippen molar-refractivity contribution in [3.63, 3.8) is 0 Å². The van der Waals surface area contributed by atoms with Crippen LogP contribution in [0.1, 0.15) is 25.3 Å². The second-order valence-corrected chi connectivity index (χ2v) is 5.74. The molecule has 10 heteroatoms. The molecule has 27 heavy (non-hydrogen) atoms. The van der Waals surface area contributed by atoms with Crippen LogP contribution >= 0.6 is 0 Å². The van der Waals surface area contributed by atoms with Crippen molar-refractivity contribution < 1.29 is 24.0 Å². The monoisotopic (exact) mass is 375 g/mol. The fourth-order valence-corrected chi connectivity index (χ4v) is 3.15. The molecule has 0 N–H and O–H groups in total. The second kappa shape index (κ2) is 8.30. The van der Waals surface area contributed by atoms with E-state index in [2.05, 4.69) is 10.2 Å². The average Bonchev–Trinajstić information content (AvgIpc) is 2.64. The molecule has 142 valence electrons. The lowest BCUT2D eigenvalue weighted by atomic mass is 9.75. The van der Waals surface area contributed by atoms with Gasteiger partial charge in [0.2, 0.25) is 6.73 Å². The number of para-hydroxylation sites is 1. The van der Waals surface area contributed by atoms with Crippen molar-refractivity contribution >= 4 is 23.3 Å². The predicted octanol–water partition coefficient (Wildman–Crippen LogP) is 2.48. The van der Waals surface area contributed by atoms with Crippen molar-refractivity contribution in [2.24, 2.45) is 16.1 Å². The van der Waals surface area contributed by atoms with E-state index in [0.717, 1.165) is 0 Å². The highest BCUT2D eigenvalue weighted by atomic mass is 16.6. The van der Waals surface area contributed by atoms with Gasteiger partial charge >= 0.3 is 11.9 Å². The topological polar surface area (TPSA) is 138 Å². The number of allylic oxidation sites excluding steroid dienone is 1. The highest BCUT2D eigenvalue weighted by molar-refractivity contribution is 6.07. The molecule has 1 aromatic carbocycles. The van der Waals surface area contributed by atoms with E-state index in [1.54, 1.807) is 13.0 Å². The van der Waals surface area contributed by atoms with Gasteiger partial charge in [-0.25, -0.2) is 4.79 Å². The van der Waals surface area contributed by atoms with E-state index in [1.165, 1.54) is 32.2 Å². The lowest BCUT2D eigenvalue weighted by Gasteiger charge is -2.30. The third-order valence-corrected chi connectivity index (χ3v) is 4.22. The molecule has 2 rings (SSSR count). The normalized spacial score (nSPS) is 19.1. The molecule has 0 bridgehead atoms. The van der Waals surface area contributed by atoms with Gasteiger partial charge in [-0.05, 0) is 19.0 Å². The number of aliphatic imine (C=N–C) groups is 1. The van der Waals surface area contributed by atoms with Gasteiger partial charge in [-0.3, -0.25) is 19.9 Å². The number of nitro benzene ring substituents is 1. The van der Waals surface area contributed by atoms with E-state index >= 15 is 0 Å². The number of carbonyl (C=O) groups is 2. The van der Waals surface area contributed by atoms with E-state index in [4.69, 9.17) is 9.47 Å². The van der Waals surface area contributed by atoms with Gasteiger partial charge in [0.25, 0.3) is 5.69 Å². The van der Waals surface area contributed by atoms with Crippen LogP contribution in [0.25, 0.3) is 0 Å². The van der Waals surface area contributed by atoms with Gasteiger partial charge in [0, 0.05) is 29.0 Å². The van der Waals surface area contributed by atoms with Crippen LogP contribution in [0.15, 0.2) is 45.7 Å². The minimum Gasteiger partial charge on any atom is -0.468 e. The quantitative estimate of drug-likeness (QED) is 0.322. The summed E-state index contributed by atoms with van der Waals surface area (Å²) in [6.45, 7) is 2.36. The number of ether oxygens (including phenoxy) is 2. The van der Waals surface area contributed by atoms with Crippen LogP contribution < -0.4 is 0 Å². The standard InChI is InChI=1S/C17H17N3O7/c1-9-13(16(21)26-3)15(11-6-4-5-7-12(11)20(24)25)14(10(2)19-9)17(22)27-8-18-23/h4-7,13,15H,8H2,1-3H3. The summed E-state index contributed by atoms with van der Waals surface area (Å²) in [4.78, 5) is 50.3. The third-order valence-electron chi connectivity index (χ3n) is 4.22. The van der Waals surface area contributed by atoms with E-state index in [1.807, 2.05) is 0 Å². The molecule has 0 saturated heterocycles. The maximum Gasteiger partial charge on any atom is 0.338 e. The number of rotatable bonds is 6. The third kappa shape index (κ3) is 3.89. The van der Waals surface area contributed by atoms with Gasteiger partial charge in [-0.2, -0.15) is 0 Å². The Bertz CT molecular complexity index is 860. The molecule has 2 unspecified atom stereocenters. The Labute approximate surface area is 154 Å². The van der Waals surface area contributed by atoms with Crippen molar-refractivity contribution in [1.82, 2.24) is 0 Å². The molecule has 0 fully saturated rings. The SMILES string of the molecule is COC(=O)C1C(C)=NC(C)=C(C(=O)OCN=O)C1c1ccccc1[N+](=O)[O-]. The lowest BCUT2D eigenvalue weighted by molar-refractivity contribution is -0.385. The number of nitro groups is 1. The molecule has 0 spiro atoms. The van der Waals surface area contributed by atoms with Crippen LogP contribution in [0.4, 0.5) is 5.69 Å². The number of nitroso groups, excluding NO2 is 1. The fraction of sp³-hybridized carbons (Fsp3) is 0.353. The van der Waals surface area contributed by atoms with Gasteiger partial charge in [0.15, 0.2) is 0 Å². The number of hydrogen-bond donors (Lipinski definition) is 0. The van der Waals surface area contributed by atoms with Gasteiger partial charge in [0.1, 0.15) is 5.92 Å². The molecule has 0 aromatic heterocycles. The molecule has 2 atom stereocenters. The molecule has 1 aliphatic heterocycles. The van der Waals surface area contributed by atoms with Crippen molar-refractivity contribution in [3.8, 4) is 0 Å². The summed E-state index contributed by atoms with van der Waals surface area (Å²) in [5, 5.41) is 14.0. The maximum atomic E-state index is 12.5. The number of nitrogens with zero attached hydrogens (tertiary/aromatic N) is 3. The van der Waals surface area contributed by atoms with E-state index in [0.29, 0.717) is 5.71 Å². The Morgan fingerprint density at radius 2 is 1.96 bits per heavy atom. The van der Waals surface area contributed by atoms with Crippen molar-refractivity contribution in [1.29, 1.82) is 0 Å². The smallest absolute Gasteiger partial charge is 0.338 e. The number of esters is 2. The summed E-state index contributed by atoms with van der Waals surface area (Å²) < 4.78 is 9.61. The van der Waals surface area contributed by atoms with Crippen LogP contribution in [0.3, 0.4) is 0 Å². The summed E-state index contributed by atoms with van der Waals surface area (Å²) in [5.74, 6) is -3.76. The molecule has 1 heterocycles. The summed E-state index contributed by atoms with van der Waals surface area (Å²) in [7, 11) is 1.17. The number of hydrogen-bond acceptors (Lipinski definition) is 9. The van der Waals surface area contributed by atoms with Crippen LogP contribution in [0.2, 0.25) is 0 Å². The summed E-state index contributed by atoms with van der Waals surface area (Å²) in [6, 6.07) is 5.76. The Morgan fingerprint density at radius 3 is 2.56 bits per heavy atom. The summed E-state index contributed by atoms with van der Waals surface area (Å²) >= 11 is 0. The van der Waals surface area contributed by atoms with E-state index in [-0.39, 0.29) is 22.5 Å². The highest BCUT2D eigenvalue weighted by Crippen LogP contribution is 2.43. The lowest BCUT2D eigenvalue weighted by Crippen LogP contribution is -2.36. The van der Waals surface area contributed by atoms with Crippen LogP contribution in [0.5, 0.6) is 0 Å². The second-order valence-electron chi connectivity index (χ2n) is 5.74. The molecule has 0 aliphatic carbocycles. The molecule has 0 radical (unpaired) electrons. The zero-order valence-electron chi connectivity index (χ0n) is 14.9. The maximum absolute atomic E-state index is 12.5. The molecule has 10 nitrogen and oxygen atoms in total. The fourth-order valence-electron chi connectivity index (χ4n) is 3.15. The minimum atomic E-state index is -1.06. The number of methoxy groups -OCH3 is 1. The van der Waals surface area contributed by atoms with Crippen LogP contribution in [0, 0.1) is 20.9 Å². The number of benzene rings is 1. The first-order valence-corrected chi connectivity index (χ1v) is 7.86. The molecule has 0 saturated carbocycles. The zero-order chi connectivity index (χ0) is 20.1. The van der Waals surface area contributed by atoms with Gasteiger partial charge < -0.3 is 9.47 Å². The molecular weight excluding hydrogens is 358 g/mol. The molecule has 0 amide bonds. The minimum absolute atomic E-state index is 0.0612. The summed E-state index contributed by atoms with van der Waals surface area (Å²) in [5.41, 5.74) is 0.378. The Hall–Kier alpha value is -3.43.